The molecule has 1 saturated heterocycles. The van der Waals surface area contributed by atoms with Gasteiger partial charge in [-0.2, -0.15) is 5.01 Å². The molecule has 4 atom stereocenters. The molecule has 160 valence electrons. The van der Waals surface area contributed by atoms with Gasteiger partial charge in [0.25, 0.3) is 5.91 Å². The predicted octanol–water partition coefficient (Wildman–Crippen LogP) is 4.46. The fraction of sp³-hybridized carbons (Fsp3) is 0.280. The molecule has 3 aromatic rings. The molecule has 0 saturated carbocycles. The van der Waals surface area contributed by atoms with Gasteiger partial charge in [0.15, 0.2) is 0 Å². The van der Waals surface area contributed by atoms with Crippen molar-refractivity contribution < 1.29 is 19.4 Å². The lowest BCUT2D eigenvalue weighted by molar-refractivity contribution is -0.169. The van der Waals surface area contributed by atoms with E-state index in [-0.39, 0.29) is 6.04 Å². The highest BCUT2D eigenvalue weighted by atomic mass is 16.6. The van der Waals surface area contributed by atoms with Crippen LogP contribution in [0.4, 0.5) is 4.79 Å². The van der Waals surface area contributed by atoms with Gasteiger partial charge in [-0.15, -0.1) is 0 Å². The van der Waals surface area contributed by atoms with Crippen molar-refractivity contribution in [1.82, 2.24) is 10.0 Å². The van der Waals surface area contributed by atoms with Crippen molar-refractivity contribution in [1.29, 1.82) is 0 Å². The van der Waals surface area contributed by atoms with Crippen molar-refractivity contribution in [2.24, 2.45) is 5.92 Å². The van der Waals surface area contributed by atoms with Gasteiger partial charge in [-0.25, -0.2) is 9.80 Å². The number of carbonyl (C=O) groups is 2. The number of benzene rings is 3. The number of fused-ring (bicyclic) bond motifs is 1. The smallest absolute Gasteiger partial charge is 0.432 e. The number of carbonyl (C=O) groups excluding carboxylic acids is 2. The van der Waals surface area contributed by atoms with Crippen molar-refractivity contribution in [3.8, 4) is 0 Å². The number of likely N-dealkylation sites (N-methyl/N-ethyl adjacent to an activating group) is 1. The molecule has 0 aromatic heterocycles. The van der Waals surface area contributed by atoms with Crippen LogP contribution in [0.3, 0.4) is 0 Å². The molecule has 3 aromatic carbocycles. The average molecular weight is 418 g/mol. The third-order valence-corrected chi connectivity index (χ3v) is 6.09. The van der Waals surface area contributed by atoms with Crippen LogP contribution in [0.5, 0.6) is 0 Å². The number of aliphatic hydroxyl groups is 1. The topological polar surface area (TPSA) is 70.1 Å². The molecule has 0 bridgehead atoms. The summed E-state index contributed by atoms with van der Waals surface area (Å²) in [6.45, 7) is 3.53. The minimum absolute atomic E-state index is 0.258. The fourth-order valence-electron chi connectivity index (χ4n) is 4.10. The summed E-state index contributed by atoms with van der Waals surface area (Å²) in [5.41, 5.74) is 1.52. The van der Waals surface area contributed by atoms with E-state index in [2.05, 4.69) is 0 Å². The van der Waals surface area contributed by atoms with Gasteiger partial charge >= 0.3 is 6.09 Å². The monoisotopic (exact) mass is 418 g/mol. The second-order valence-electron chi connectivity index (χ2n) is 7.98. The van der Waals surface area contributed by atoms with Crippen LogP contribution in [-0.2, 0) is 9.53 Å². The van der Waals surface area contributed by atoms with Crippen LogP contribution >= 0.6 is 0 Å². The molecule has 6 nitrogen and oxygen atoms in total. The number of rotatable bonds is 4. The zero-order valence-electron chi connectivity index (χ0n) is 17.8. The number of aliphatic hydroxyl groups excluding tert-OH is 1. The molecule has 1 aliphatic heterocycles. The van der Waals surface area contributed by atoms with Crippen LogP contribution < -0.4 is 0 Å². The Bertz CT molecular complexity index is 1100. The average Bonchev–Trinajstić information content (AvgIpc) is 2.80. The van der Waals surface area contributed by atoms with Crippen molar-refractivity contribution in [2.75, 3.05) is 7.05 Å². The molecule has 1 N–H and O–H groups in total. The van der Waals surface area contributed by atoms with Crippen molar-refractivity contribution >= 4 is 22.8 Å². The molecule has 0 aliphatic carbocycles. The zero-order chi connectivity index (χ0) is 22.1. The Morgan fingerprint density at radius 3 is 2.39 bits per heavy atom. The van der Waals surface area contributed by atoms with E-state index in [0.717, 1.165) is 21.3 Å². The van der Waals surface area contributed by atoms with Crippen molar-refractivity contribution in [3.05, 3.63) is 83.9 Å². The summed E-state index contributed by atoms with van der Waals surface area (Å²) in [7, 11) is 1.69. The molecule has 4 rings (SSSR count). The highest BCUT2D eigenvalue weighted by Crippen LogP contribution is 2.34. The van der Waals surface area contributed by atoms with E-state index in [9.17, 15) is 14.7 Å². The van der Waals surface area contributed by atoms with Crippen LogP contribution in [0.25, 0.3) is 10.8 Å². The standard InChI is InChI=1S/C25H26N2O4/c1-16(22(28)21-15-9-13-18-10-7-8-14-20(18)21)24(29)27-25(30)31-23(17(2)26(27)3)19-11-5-4-6-12-19/h4-17,22-23,28H,1-3H3/t16-,17-,22-,23-/m0/s1. The largest absolute Gasteiger partial charge is 0.438 e. The lowest BCUT2D eigenvalue weighted by Gasteiger charge is -2.43. The first-order chi connectivity index (χ1) is 14.9. The molecule has 6 heteroatoms. The minimum Gasteiger partial charge on any atom is -0.438 e. The number of amides is 2. The summed E-state index contributed by atoms with van der Waals surface area (Å²) < 4.78 is 5.64. The molecular formula is C25H26N2O4. The summed E-state index contributed by atoms with van der Waals surface area (Å²) in [4.78, 5) is 26.1. The molecule has 1 fully saturated rings. The van der Waals surface area contributed by atoms with E-state index in [1.54, 1.807) is 19.0 Å². The van der Waals surface area contributed by atoms with Gasteiger partial charge in [-0.05, 0) is 28.8 Å². The molecule has 0 radical (unpaired) electrons. The molecule has 1 heterocycles. The lowest BCUT2D eigenvalue weighted by atomic mass is 9.92. The number of hydrazine groups is 1. The van der Waals surface area contributed by atoms with Gasteiger partial charge in [0, 0.05) is 7.05 Å². The van der Waals surface area contributed by atoms with Crippen LogP contribution in [-0.4, -0.2) is 40.2 Å². The molecule has 0 spiro atoms. The summed E-state index contributed by atoms with van der Waals surface area (Å²) in [6.07, 6.45) is -2.29. The van der Waals surface area contributed by atoms with Gasteiger partial charge in [-0.3, -0.25) is 4.79 Å². The maximum atomic E-state index is 13.3. The number of imide groups is 1. The first-order valence-corrected chi connectivity index (χ1v) is 10.4. The van der Waals surface area contributed by atoms with E-state index < -0.39 is 30.1 Å². The Hall–Kier alpha value is -3.22. The summed E-state index contributed by atoms with van der Waals surface area (Å²) in [6, 6.07) is 22.5. The lowest BCUT2D eigenvalue weighted by Crippen LogP contribution is -2.59. The Morgan fingerprint density at radius 1 is 1.00 bits per heavy atom. The SMILES string of the molecule is C[C@H](C(=O)N1C(=O)O[C@H](c2ccccc2)[C@H](C)N1C)[C@H](O)c1cccc2ccccc12. The van der Waals surface area contributed by atoms with Crippen LogP contribution in [0.2, 0.25) is 0 Å². The maximum absolute atomic E-state index is 13.3. The molecule has 31 heavy (non-hydrogen) atoms. The molecular weight excluding hydrogens is 392 g/mol. The van der Waals surface area contributed by atoms with Gasteiger partial charge in [-0.1, -0.05) is 79.7 Å². The third-order valence-electron chi connectivity index (χ3n) is 6.09. The summed E-state index contributed by atoms with van der Waals surface area (Å²) in [5, 5.41) is 15.5. The quantitative estimate of drug-likeness (QED) is 0.677. The normalized spacial score (nSPS) is 21.5. The first-order valence-electron chi connectivity index (χ1n) is 10.4. The summed E-state index contributed by atoms with van der Waals surface area (Å²) in [5.74, 6) is -1.35. The number of cyclic esters (lactones) is 1. The zero-order valence-corrected chi connectivity index (χ0v) is 17.8. The first kappa shape index (κ1) is 21.0. The minimum atomic E-state index is -1.07. The van der Waals surface area contributed by atoms with Gasteiger partial charge in [0.05, 0.1) is 18.1 Å². The van der Waals surface area contributed by atoms with Crippen molar-refractivity contribution in [3.63, 3.8) is 0 Å². The number of nitrogens with zero attached hydrogens (tertiary/aromatic N) is 2. The van der Waals surface area contributed by atoms with Crippen molar-refractivity contribution in [2.45, 2.75) is 32.1 Å². The fourth-order valence-corrected chi connectivity index (χ4v) is 4.10. The Balaban J connectivity index is 1.58. The second kappa shape index (κ2) is 8.49. The van der Waals surface area contributed by atoms with E-state index in [1.807, 2.05) is 79.7 Å². The molecule has 2 amide bonds. The van der Waals surface area contributed by atoms with Gasteiger partial charge in [0.1, 0.15) is 6.10 Å². The third kappa shape index (κ3) is 3.80. The maximum Gasteiger partial charge on any atom is 0.432 e. The molecule has 0 unspecified atom stereocenters. The predicted molar refractivity (Wildman–Crippen MR) is 118 cm³/mol. The van der Waals surface area contributed by atoms with E-state index in [4.69, 9.17) is 4.74 Å². The molecule has 1 aliphatic rings. The van der Waals surface area contributed by atoms with E-state index >= 15 is 0 Å². The van der Waals surface area contributed by atoms with Gasteiger partial charge < -0.3 is 9.84 Å². The van der Waals surface area contributed by atoms with E-state index in [1.165, 1.54) is 0 Å². The number of hydrogen-bond donors (Lipinski definition) is 1. The van der Waals surface area contributed by atoms with Gasteiger partial charge in [0.2, 0.25) is 0 Å². The Kier molecular flexibility index (Phi) is 5.76. The highest BCUT2D eigenvalue weighted by Gasteiger charge is 2.44. The highest BCUT2D eigenvalue weighted by molar-refractivity contribution is 5.94. The Morgan fingerprint density at radius 2 is 1.65 bits per heavy atom. The number of hydrogen-bond acceptors (Lipinski definition) is 5. The van der Waals surface area contributed by atoms with Crippen LogP contribution in [0.1, 0.15) is 37.2 Å². The number of ether oxygens (including phenoxy) is 1. The summed E-state index contributed by atoms with van der Waals surface area (Å²) >= 11 is 0. The second-order valence-corrected chi connectivity index (χ2v) is 7.98. The Labute approximate surface area is 181 Å². The van der Waals surface area contributed by atoms with E-state index in [0.29, 0.717) is 5.56 Å². The van der Waals surface area contributed by atoms with Crippen LogP contribution in [0, 0.1) is 5.92 Å². The van der Waals surface area contributed by atoms with Crippen LogP contribution in [0.15, 0.2) is 72.8 Å².